The van der Waals surface area contributed by atoms with Crippen LogP contribution in [-0.4, -0.2) is 17.2 Å². The molecule has 0 unspecified atom stereocenters. The molecule has 1 aliphatic rings. The molecule has 1 aromatic carbocycles. The minimum Gasteiger partial charge on any atom is -0.423 e. The van der Waals surface area contributed by atoms with Crippen LogP contribution in [0.3, 0.4) is 0 Å². The molecule has 0 bridgehead atoms. The van der Waals surface area contributed by atoms with Crippen molar-refractivity contribution in [3.05, 3.63) is 29.8 Å². The van der Waals surface area contributed by atoms with E-state index >= 15 is 0 Å². The first-order valence-electron chi connectivity index (χ1n) is 7.04. The molecule has 98 valence electrons. The topological polar surface area (TPSA) is 40.5 Å². The highest BCUT2D eigenvalue weighted by Crippen LogP contribution is 2.38. The predicted octanol–water partition coefficient (Wildman–Crippen LogP) is 2.30. The third-order valence-electron chi connectivity index (χ3n) is 4.42. The van der Waals surface area contributed by atoms with Crippen molar-refractivity contribution in [1.82, 2.24) is 0 Å². The SMILES string of the molecule is CC(C)C1CCC(c2ccc(B(O)O)cc2)CC1. The van der Waals surface area contributed by atoms with Gasteiger partial charge in [0.25, 0.3) is 0 Å². The van der Waals surface area contributed by atoms with E-state index in [9.17, 15) is 0 Å². The quantitative estimate of drug-likeness (QED) is 0.803. The summed E-state index contributed by atoms with van der Waals surface area (Å²) >= 11 is 0. The van der Waals surface area contributed by atoms with Gasteiger partial charge in [-0.1, -0.05) is 38.1 Å². The van der Waals surface area contributed by atoms with Gasteiger partial charge in [-0.2, -0.15) is 0 Å². The van der Waals surface area contributed by atoms with E-state index in [0.29, 0.717) is 11.4 Å². The maximum Gasteiger partial charge on any atom is 0.488 e. The molecule has 1 fully saturated rings. The molecule has 0 aromatic heterocycles. The Morgan fingerprint density at radius 2 is 1.56 bits per heavy atom. The summed E-state index contributed by atoms with van der Waals surface area (Å²) in [6, 6.07) is 7.76. The number of hydrogen-bond donors (Lipinski definition) is 2. The zero-order chi connectivity index (χ0) is 13.1. The van der Waals surface area contributed by atoms with E-state index in [4.69, 9.17) is 10.0 Å². The van der Waals surface area contributed by atoms with Gasteiger partial charge in [-0.3, -0.25) is 0 Å². The molecule has 2 N–H and O–H groups in total. The Hall–Kier alpha value is -0.795. The summed E-state index contributed by atoms with van der Waals surface area (Å²) in [5.74, 6) is 2.35. The second kappa shape index (κ2) is 5.90. The van der Waals surface area contributed by atoms with Crippen LogP contribution in [0.15, 0.2) is 24.3 Å². The lowest BCUT2D eigenvalue weighted by Gasteiger charge is -2.31. The van der Waals surface area contributed by atoms with Crippen LogP contribution in [0.5, 0.6) is 0 Å². The average Bonchev–Trinajstić information content (AvgIpc) is 2.39. The van der Waals surface area contributed by atoms with E-state index in [1.165, 1.54) is 31.2 Å². The molecule has 0 atom stereocenters. The molecule has 0 saturated heterocycles. The lowest BCUT2D eigenvalue weighted by molar-refractivity contribution is 0.259. The Bertz CT molecular complexity index is 365. The van der Waals surface area contributed by atoms with Crippen LogP contribution in [0.4, 0.5) is 0 Å². The van der Waals surface area contributed by atoms with Crippen molar-refractivity contribution >= 4 is 12.6 Å². The summed E-state index contributed by atoms with van der Waals surface area (Å²) in [4.78, 5) is 0. The van der Waals surface area contributed by atoms with Crippen LogP contribution in [0.2, 0.25) is 0 Å². The van der Waals surface area contributed by atoms with Crippen molar-refractivity contribution in [3.63, 3.8) is 0 Å². The Kier molecular flexibility index (Phi) is 4.47. The molecular formula is C15H23BO2. The third-order valence-corrected chi connectivity index (χ3v) is 4.42. The maximum atomic E-state index is 9.08. The Morgan fingerprint density at radius 3 is 2.00 bits per heavy atom. The number of hydrogen-bond acceptors (Lipinski definition) is 2. The van der Waals surface area contributed by atoms with Gasteiger partial charge < -0.3 is 10.0 Å². The number of benzene rings is 1. The van der Waals surface area contributed by atoms with E-state index < -0.39 is 7.12 Å². The smallest absolute Gasteiger partial charge is 0.423 e. The fourth-order valence-corrected chi connectivity index (χ4v) is 3.06. The minimum atomic E-state index is -1.35. The van der Waals surface area contributed by atoms with E-state index in [1.54, 1.807) is 0 Å². The van der Waals surface area contributed by atoms with Gasteiger partial charge in [-0.15, -0.1) is 0 Å². The first kappa shape index (κ1) is 13.6. The van der Waals surface area contributed by atoms with Crippen molar-refractivity contribution in [2.24, 2.45) is 11.8 Å². The van der Waals surface area contributed by atoms with Crippen molar-refractivity contribution < 1.29 is 10.0 Å². The van der Waals surface area contributed by atoms with E-state index in [2.05, 4.69) is 26.0 Å². The molecule has 1 aliphatic carbocycles. The standard InChI is InChI=1S/C15H23BO2/c1-11(2)12-3-5-13(6-4-12)14-7-9-15(10-8-14)16(17)18/h7-13,17-18H,3-6H2,1-2H3. The fourth-order valence-electron chi connectivity index (χ4n) is 3.06. The highest BCUT2D eigenvalue weighted by molar-refractivity contribution is 6.58. The third kappa shape index (κ3) is 3.15. The van der Waals surface area contributed by atoms with Gasteiger partial charge in [0.1, 0.15) is 0 Å². The Morgan fingerprint density at radius 1 is 1.00 bits per heavy atom. The van der Waals surface area contributed by atoms with Gasteiger partial charge in [0.05, 0.1) is 0 Å². The van der Waals surface area contributed by atoms with Gasteiger partial charge in [-0.05, 0) is 54.5 Å². The zero-order valence-electron chi connectivity index (χ0n) is 11.3. The molecule has 18 heavy (non-hydrogen) atoms. The summed E-state index contributed by atoms with van der Waals surface area (Å²) < 4.78 is 0. The summed E-state index contributed by atoms with van der Waals surface area (Å²) in [5, 5.41) is 18.2. The molecule has 0 radical (unpaired) electrons. The zero-order valence-corrected chi connectivity index (χ0v) is 11.3. The molecule has 3 heteroatoms. The second-order valence-corrected chi connectivity index (χ2v) is 5.90. The lowest BCUT2D eigenvalue weighted by atomic mass is 9.73. The lowest BCUT2D eigenvalue weighted by Crippen LogP contribution is -2.29. The van der Waals surface area contributed by atoms with Gasteiger partial charge >= 0.3 is 7.12 Å². The second-order valence-electron chi connectivity index (χ2n) is 5.90. The van der Waals surface area contributed by atoms with Gasteiger partial charge in [0.2, 0.25) is 0 Å². The molecule has 1 saturated carbocycles. The van der Waals surface area contributed by atoms with E-state index in [0.717, 1.165) is 11.8 Å². The van der Waals surface area contributed by atoms with Crippen molar-refractivity contribution in [3.8, 4) is 0 Å². The fraction of sp³-hybridized carbons (Fsp3) is 0.600. The van der Waals surface area contributed by atoms with Gasteiger partial charge in [0.15, 0.2) is 0 Å². The van der Waals surface area contributed by atoms with E-state index in [1.807, 2.05) is 12.1 Å². The van der Waals surface area contributed by atoms with Crippen LogP contribution in [0, 0.1) is 11.8 Å². The Balaban J connectivity index is 1.97. The van der Waals surface area contributed by atoms with Crippen molar-refractivity contribution in [2.75, 3.05) is 0 Å². The first-order valence-corrected chi connectivity index (χ1v) is 7.04. The number of rotatable bonds is 3. The summed E-state index contributed by atoms with van der Waals surface area (Å²) in [6.45, 7) is 4.64. The monoisotopic (exact) mass is 246 g/mol. The van der Waals surface area contributed by atoms with Crippen LogP contribution < -0.4 is 5.46 Å². The largest absolute Gasteiger partial charge is 0.488 e. The van der Waals surface area contributed by atoms with Crippen LogP contribution in [0.1, 0.15) is 51.0 Å². The maximum absolute atomic E-state index is 9.08. The van der Waals surface area contributed by atoms with Crippen LogP contribution >= 0.6 is 0 Å². The first-order chi connectivity index (χ1) is 8.58. The van der Waals surface area contributed by atoms with Crippen LogP contribution in [0.25, 0.3) is 0 Å². The summed E-state index contributed by atoms with van der Waals surface area (Å²) in [6.07, 6.45) is 5.19. The highest BCUT2D eigenvalue weighted by atomic mass is 16.4. The molecule has 1 aromatic rings. The highest BCUT2D eigenvalue weighted by Gasteiger charge is 2.24. The van der Waals surface area contributed by atoms with Crippen molar-refractivity contribution in [2.45, 2.75) is 45.4 Å². The Labute approximate surface area is 110 Å². The predicted molar refractivity (Wildman–Crippen MR) is 75.8 cm³/mol. The minimum absolute atomic E-state index is 0.578. The van der Waals surface area contributed by atoms with Gasteiger partial charge in [-0.25, -0.2) is 0 Å². The molecule has 2 nitrogen and oxygen atoms in total. The van der Waals surface area contributed by atoms with Crippen LogP contribution in [-0.2, 0) is 0 Å². The van der Waals surface area contributed by atoms with Crippen molar-refractivity contribution in [1.29, 1.82) is 0 Å². The van der Waals surface area contributed by atoms with E-state index in [-0.39, 0.29) is 0 Å². The molecule has 0 aliphatic heterocycles. The molecular weight excluding hydrogens is 223 g/mol. The molecule has 0 heterocycles. The van der Waals surface area contributed by atoms with Gasteiger partial charge in [0, 0.05) is 0 Å². The summed E-state index contributed by atoms with van der Waals surface area (Å²) in [7, 11) is -1.35. The normalized spacial score (nSPS) is 24.3. The molecule has 0 amide bonds. The average molecular weight is 246 g/mol. The summed E-state index contributed by atoms with van der Waals surface area (Å²) in [5.41, 5.74) is 1.93. The molecule has 2 rings (SSSR count). The molecule has 0 spiro atoms.